The number of hydrogen-bond acceptors (Lipinski definition) is 3. The first kappa shape index (κ1) is 12.0. The second-order valence-corrected chi connectivity index (χ2v) is 5.32. The standard InChI is InChI=1S/C14H14N2O2S/c17-14-15-11-6-1-7-12(13(11)16-14)18-8-2-4-10-5-3-9-19-10/h1,3,5-7,9H,2,4,8H2,(H2,15,16,17). The van der Waals surface area contributed by atoms with Crippen LogP contribution in [0, 0.1) is 0 Å². The van der Waals surface area contributed by atoms with Crippen molar-refractivity contribution in [1.29, 1.82) is 0 Å². The molecule has 98 valence electrons. The highest BCUT2D eigenvalue weighted by molar-refractivity contribution is 7.09. The van der Waals surface area contributed by atoms with Crippen LogP contribution < -0.4 is 10.4 Å². The van der Waals surface area contributed by atoms with E-state index in [0.29, 0.717) is 6.61 Å². The van der Waals surface area contributed by atoms with Gasteiger partial charge in [-0.05, 0) is 36.4 Å². The third-order valence-corrected chi connectivity index (χ3v) is 3.85. The topological polar surface area (TPSA) is 57.9 Å². The molecule has 0 amide bonds. The highest BCUT2D eigenvalue weighted by Crippen LogP contribution is 2.21. The normalized spacial score (nSPS) is 10.9. The summed E-state index contributed by atoms with van der Waals surface area (Å²) in [7, 11) is 0. The Labute approximate surface area is 114 Å². The van der Waals surface area contributed by atoms with Crippen LogP contribution in [-0.4, -0.2) is 16.6 Å². The Bertz CT molecular complexity index is 712. The Hall–Kier alpha value is -2.01. The fourth-order valence-corrected chi connectivity index (χ4v) is 2.79. The number of nitrogens with one attached hydrogen (secondary N) is 2. The Balaban J connectivity index is 1.63. The lowest BCUT2D eigenvalue weighted by Crippen LogP contribution is -2.01. The van der Waals surface area contributed by atoms with Crippen molar-refractivity contribution < 1.29 is 4.74 Å². The summed E-state index contributed by atoms with van der Waals surface area (Å²) < 4.78 is 5.75. The van der Waals surface area contributed by atoms with Gasteiger partial charge in [0, 0.05) is 4.88 Å². The molecular weight excluding hydrogens is 260 g/mol. The smallest absolute Gasteiger partial charge is 0.323 e. The molecule has 0 saturated heterocycles. The molecule has 2 heterocycles. The summed E-state index contributed by atoms with van der Waals surface area (Å²) in [5.41, 5.74) is 1.31. The Morgan fingerprint density at radius 3 is 2.95 bits per heavy atom. The van der Waals surface area contributed by atoms with Crippen molar-refractivity contribution >= 4 is 22.4 Å². The molecule has 3 rings (SSSR count). The van der Waals surface area contributed by atoms with Crippen molar-refractivity contribution in [3.63, 3.8) is 0 Å². The van der Waals surface area contributed by atoms with Crippen molar-refractivity contribution in [2.75, 3.05) is 6.61 Å². The molecule has 2 N–H and O–H groups in total. The van der Waals surface area contributed by atoms with Gasteiger partial charge in [0.15, 0.2) is 0 Å². The van der Waals surface area contributed by atoms with E-state index in [1.165, 1.54) is 4.88 Å². The molecule has 0 saturated carbocycles. The Kier molecular flexibility index (Phi) is 3.37. The first-order valence-corrected chi connectivity index (χ1v) is 7.07. The molecule has 0 aliphatic heterocycles. The highest BCUT2D eigenvalue weighted by Gasteiger charge is 2.04. The molecule has 0 radical (unpaired) electrons. The minimum Gasteiger partial charge on any atom is -0.491 e. The van der Waals surface area contributed by atoms with Crippen LogP contribution in [0.2, 0.25) is 0 Å². The van der Waals surface area contributed by atoms with Gasteiger partial charge in [0.25, 0.3) is 0 Å². The molecule has 0 aliphatic carbocycles. The summed E-state index contributed by atoms with van der Waals surface area (Å²) in [5, 5.41) is 2.08. The van der Waals surface area contributed by atoms with Crippen LogP contribution >= 0.6 is 11.3 Å². The van der Waals surface area contributed by atoms with E-state index in [1.807, 2.05) is 18.2 Å². The SMILES string of the molecule is O=c1[nH]c2cccc(OCCCc3cccs3)c2[nH]1. The summed E-state index contributed by atoms with van der Waals surface area (Å²) >= 11 is 1.77. The van der Waals surface area contributed by atoms with Gasteiger partial charge in [-0.15, -0.1) is 11.3 Å². The van der Waals surface area contributed by atoms with Gasteiger partial charge in [0.2, 0.25) is 0 Å². The number of aryl methyl sites for hydroxylation is 1. The van der Waals surface area contributed by atoms with Gasteiger partial charge >= 0.3 is 5.69 Å². The number of imidazole rings is 1. The monoisotopic (exact) mass is 274 g/mol. The van der Waals surface area contributed by atoms with E-state index in [1.54, 1.807) is 11.3 Å². The predicted molar refractivity (Wildman–Crippen MR) is 77.1 cm³/mol. The number of aromatic nitrogens is 2. The number of fused-ring (bicyclic) bond motifs is 1. The summed E-state index contributed by atoms with van der Waals surface area (Å²) in [6, 6.07) is 9.80. The summed E-state index contributed by atoms with van der Waals surface area (Å²) in [6.45, 7) is 0.643. The number of ether oxygens (including phenoxy) is 1. The lowest BCUT2D eigenvalue weighted by Gasteiger charge is -2.06. The van der Waals surface area contributed by atoms with Gasteiger partial charge in [-0.25, -0.2) is 4.79 Å². The minimum atomic E-state index is -0.204. The molecule has 0 fully saturated rings. The molecule has 5 heteroatoms. The second kappa shape index (κ2) is 5.32. The van der Waals surface area contributed by atoms with Crippen LogP contribution in [0.15, 0.2) is 40.5 Å². The average Bonchev–Trinajstić information content (AvgIpc) is 3.02. The van der Waals surface area contributed by atoms with Gasteiger partial charge in [-0.1, -0.05) is 12.1 Å². The number of para-hydroxylation sites is 1. The van der Waals surface area contributed by atoms with Gasteiger partial charge in [0.1, 0.15) is 11.3 Å². The molecule has 4 nitrogen and oxygen atoms in total. The molecule has 0 unspecified atom stereocenters. The first-order valence-electron chi connectivity index (χ1n) is 6.19. The number of aromatic amines is 2. The molecule has 19 heavy (non-hydrogen) atoms. The highest BCUT2D eigenvalue weighted by atomic mass is 32.1. The van der Waals surface area contributed by atoms with Crippen molar-refractivity contribution in [1.82, 2.24) is 9.97 Å². The van der Waals surface area contributed by atoms with Crippen LogP contribution in [0.25, 0.3) is 11.0 Å². The van der Waals surface area contributed by atoms with E-state index in [0.717, 1.165) is 29.6 Å². The molecule has 0 bridgehead atoms. The number of H-pyrrole nitrogens is 2. The maximum atomic E-state index is 11.3. The third kappa shape index (κ3) is 2.71. The van der Waals surface area contributed by atoms with E-state index < -0.39 is 0 Å². The van der Waals surface area contributed by atoms with E-state index in [4.69, 9.17) is 4.74 Å². The number of rotatable bonds is 5. The number of benzene rings is 1. The summed E-state index contributed by atoms with van der Waals surface area (Å²) in [4.78, 5) is 18.1. The molecule has 2 aromatic heterocycles. The zero-order chi connectivity index (χ0) is 13.1. The van der Waals surface area contributed by atoms with Crippen LogP contribution in [-0.2, 0) is 6.42 Å². The molecule has 0 atom stereocenters. The second-order valence-electron chi connectivity index (χ2n) is 4.29. The molecule has 1 aromatic carbocycles. The van der Waals surface area contributed by atoms with Crippen molar-refractivity contribution in [3.8, 4) is 5.75 Å². The fourth-order valence-electron chi connectivity index (χ4n) is 2.03. The van der Waals surface area contributed by atoms with Crippen molar-refractivity contribution in [2.24, 2.45) is 0 Å². The third-order valence-electron chi connectivity index (χ3n) is 2.92. The minimum absolute atomic E-state index is 0.204. The maximum absolute atomic E-state index is 11.3. The largest absolute Gasteiger partial charge is 0.491 e. The lowest BCUT2D eigenvalue weighted by molar-refractivity contribution is 0.314. The maximum Gasteiger partial charge on any atom is 0.323 e. The summed E-state index contributed by atoms with van der Waals surface area (Å²) in [6.07, 6.45) is 1.99. The van der Waals surface area contributed by atoms with Gasteiger partial charge in [-0.2, -0.15) is 0 Å². The Morgan fingerprint density at radius 1 is 1.16 bits per heavy atom. The van der Waals surface area contributed by atoms with E-state index in [2.05, 4.69) is 27.5 Å². The van der Waals surface area contributed by atoms with Crippen LogP contribution in [0.5, 0.6) is 5.75 Å². The molecule has 0 spiro atoms. The van der Waals surface area contributed by atoms with Crippen LogP contribution in [0.1, 0.15) is 11.3 Å². The lowest BCUT2D eigenvalue weighted by atomic mass is 10.2. The molecule has 3 aromatic rings. The zero-order valence-electron chi connectivity index (χ0n) is 10.3. The van der Waals surface area contributed by atoms with E-state index in [9.17, 15) is 4.79 Å². The quantitative estimate of drug-likeness (QED) is 0.703. The predicted octanol–water partition coefficient (Wildman–Crippen LogP) is 2.93. The van der Waals surface area contributed by atoms with Crippen LogP contribution in [0.3, 0.4) is 0 Å². The van der Waals surface area contributed by atoms with Gasteiger partial charge in [0.05, 0.1) is 12.1 Å². The number of hydrogen-bond donors (Lipinski definition) is 2. The van der Waals surface area contributed by atoms with Crippen molar-refractivity contribution in [3.05, 3.63) is 51.1 Å². The fraction of sp³-hybridized carbons (Fsp3) is 0.214. The molecule has 0 aliphatic rings. The summed E-state index contributed by atoms with van der Waals surface area (Å²) in [5.74, 6) is 0.724. The van der Waals surface area contributed by atoms with E-state index >= 15 is 0 Å². The zero-order valence-corrected chi connectivity index (χ0v) is 11.1. The average molecular weight is 274 g/mol. The molecular formula is C14H14N2O2S. The number of thiophene rings is 1. The first-order chi connectivity index (χ1) is 9.33. The van der Waals surface area contributed by atoms with Crippen LogP contribution in [0.4, 0.5) is 0 Å². The van der Waals surface area contributed by atoms with Crippen molar-refractivity contribution in [2.45, 2.75) is 12.8 Å². The van der Waals surface area contributed by atoms with E-state index in [-0.39, 0.29) is 5.69 Å². The Morgan fingerprint density at radius 2 is 2.11 bits per heavy atom. The van der Waals surface area contributed by atoms with Gasteiger partial charge < -0.3 is 14.7 Å². The van der Waals surface area contributed by atoms with Gasteiger partial charge in [-0.3, -0.25) is 0 Å².